The van der Waals surface area contributed by atoms with Gasteiger partial charge in [0, 0.05) is 18.8 Å². The highest BCUT2D eigenvalue weighted by molar-refractivity contribution is 5.35. The number of hydrogen-bond acceptors (Lipinski definition) is 5. The van der Waals surface area contributed by atoms with Crippen LogP contribution in [0.1, 0.15) is 11.9 Å². The van der Waals surface area contributed by atoms with Gasteiger partial charge >= 0.3 is 0 Å². The Morgan fingerprint density at radius 2 is 2.47 bits per heavy atom. The molecule has 0 aromatic carbocycles. The van der Waals surface area contributed by atoms with Crippen molar-refractivity contribution >= 4 is 5.65 Å². The van der Waals surface area contributed by atoms with Crippen molar-refractivity contribution in [2.24, 2.45) is 0 Å². The first kappa shape index (κ1) is 8.75. The maximum atomic E-state index is 5.39. The van der Waals surface area contributed by atoms with Gasteiger partial charge in [-0.1, -0.05) is 0 Å². The fourth-order valence-electron chi connectivity index (χ4n) is 1.73. The molecule has 0 aliphatic carbocycles. The fraction of sp³-hybridized carbons (Fsp3) is 0.444. The van der Waals surface area contributed by atoms with Gasteiger partial charge in [0.05, 0.1) is 19.3 Å². The molecule has 1 N–H and O–H groups in total. The second kappa shape index (κ2) is 3.56. The van der Waals surface area contributed by atoms with Gasteiger partial charge in [0.25, 0.3) is 0 Å². The van der Waals surface area contributed by atoms with Crippen LogP contribution in [-0.4, -0.2) is 39.3 Å². The molecule has 1 atom stereocenters. The molecule has 0 spiro atoms. The van der Waals surface area contributed by atoms with E-state index >= 15 is 0 Å². The molecular weight excluding hydrogens is 194 g/mol. The van der Waals surface area contributed by atoms with Crippen LogP contribution in [0.15, 0.2) is 18.6 Å². The van der Waals surface area contributed by atoms with Gasteiger partial charge in [-0.2, -0.15) is 0 Å². The van der Waals surface area contributed by atoms with Crippen LogP contribution in [-0.2, 0) is 4.74 Å². The van der Waals surface area contributed by atoms with Crippen molar-refractivity contribution in [1.82, 2.24) is 24.9 Å². The summed E-state index contributed by atoms with van der Waals surface area (Å²) in [6.07, 6.45) is 3.43. The zero-order valence-electron chi connectivity index (χ0n) is 8.13. The van der Waals surface area contributed by atoms with E-state index in [4.69, 9.17) is 4.74 Å². The zero-order chi connectivity index (χ0) is 10.1. The molecular formula is C9H11N5O. The lowest BCUT2D eigenvalue weighted by atomic mass is 10.2. The van der Waals surface area contributed by atoms with Crippen LogP contribution in [0.25, 0.3) is 5.65 Å². The van der Waals surface area contributed by atoms with Gasteiger partial charge in [-0.15, -0.1) is 10.2 Å². The minimum atomic E-state index is 0.109. The highest BCUT2D eigenvalue weighted by Gasteiger charge is 2.20. The van der Waals surface area contributed by atoms with Crippen molar-refractivity contribution in [3.63, 3.8) is 0 Å². The molecule has 6 heteroatoms. The molecule has 0 bridgehead atoms. The first-order valence-electron chi connectivity index (χ1n) is 4.91. The molecule has 1 unspecified atom stereocenters. The number of hydrogen-bond donors (Lipinski definition) is 1. The second-order valence-corrected chi connectivity index (χ2v) is 3.45. The smallest absolute Gasteiger partial charge is 0.163 e. The van der Waals surface area contributed by atoms with Crippen LogP contribution in [0.3, 0.4) is 0 Å². The van der Waals surface area contributed by atoms with E-state index in [1.54, 1.807) is 12.5 Å². The van der Waals surface area contributed by atoms with Crippen molar-refractivity contribution < 1.29 is 4.74 Å². The topological polar surface area (TPSA) is 64.3 Å². The first-order chi connectivity index (χ1) is 7.45. The summed E-state index contributed by atoms with van der Waals surface area (Å²) < 4.78 is 7.27. The Morgan fingerprint density at radius 3 is 3.33 bits per heavy atom. The Labute approximate surface area is 86.3 Å². The minimum Gasteiger partial charge on any atom is -0.378 e. The van der Waals surface area contributed by atoms with E-state index in [-0.39, 0.29) is 6.04 Å². The molecule has 0 amide bonds. The third-order valence-corrected chi connectivity index (χ3v) is 2.47. The average molecular weight is 205 g/mol. The van der Waals surface area contributed by atoms with Crippen molar-refractivity contribution in [3.8, 4) is 0 Å². The summed E-state index contributed by atoms with van der Waals surface area (Å²) in [5, 5.41) is 11.6. The van der Waals surface area contributed by atoms with Crippen LogP contribution in [0.2, 0.25) is 0 Å². The monoisotopic (exact) mass is 205 g/mol. The Morgan fingerprint density at radius 1 is 1.47 bits per heavy atom. The van der Waals surface area contributed by atoms with Crippen LogP contribution < -0.4 is 5.32 Å². The quantitative estimate of drug-likeness (QED) is 0.697. The van der Waals surface area contributed by atoms with Crippen molar-refractivity contribution in [2.75, 3.05) is 19.8 Å². The van der Waals surface area contributed by atoms with E-state index in [9.17, 15) is 0 Å². The number of nitrogens with zero attached hydrogens (tertiary/aromatic N) is 4. The van der Waals surface area contributed by atoms with Crippen molar-refractivity contribution in [2.45, 2.75) is 6.04 Å². The van der Waals surface area contributed by atoms with Crippen molar-refractivity contribution in [1.29, 1.82) is 0 Å². The normalized spacial score (nSPS) is 22.0. The van der Waals surface area contributed by atoms with Gasteiger partial charge in [-0.25, -0.2) is 4.98 Å². The first-order valence-corrected chi connectivity index (χ1v) is 4.91. The molecule has 2 aromatic heterocycles. The molecule has 1 aliphatic rings. The number of morpholine rings is 1. The molecule has 6 nitrogen and oxygen atoms in total. The predicted molar refractivity (Wildman–Crippen MR) is 52.3 cm³/mol. The molecule has 1 aliphatic heterocycles. The number of nitrogens with one attached hydrogen (secondary N) is 1. The summed E-state index contributed by atoms with van der Waals surface area (Å²) in [5.41, 5.74) is 0.812. The minimum absolute atomic E-state index is 0.109. The Balaban J connectivity index is 2.02. The Kier molecular flexibility index (Phi) is 2.08. The summed E-state index contributed by atoms with van der Waals surface area (Å²) in [6, 6.07) is 1.94. The molecule has 15 heavy (non-hydrogen) atoms. The average Bonchev–Trinajstić information content (AvgIpc) is 2.74. The van der Waals surface area contributed by atoms with Gasteiger partial charge < -0.3 is 10.1 Å². The van der Waals surface area contributed by atoms with Gasteiger partial charge in [-0.05, 0) is 0 Å². The lowest BCUT2D eigenvalue weighted by molar-refractivity contribution is 0.0739. The third kappa shape index (κ3) is 1.47. The van der Waals surface area contributed by atoms with E-state index in [1.165, 1.54) is 0 Å². The van der Waals surface area contributed by atoms with Crippen LogP contribution in [0, 0.1) is 0 Å². The van der Waals surface area contributed by atoms with E-state index in [1.807, 2.05) is 10.5 Å². The molecule has 2 aromatic rings. The Bertz CT molecular complexity index is 462. The molecule has 0 radical (unpaired) electrons. The number of rotatable bonds is 1. The molecule has 0 saturated carbocycles. The second-order valence-electron chi connectivity index (χ2n) is 3.45. The van der Waals surface area contributed by atoms with Crippen molar-refractivity contribution in [3.05, 3.63) is 24.4 Å². The summed E-state index contributed by atoms with van der Waals surface area (Å²) in [5.74, 6) is 0.859. The lowest BCUT2D eigenvalue weighted by Crippen LogP contribution is -2.35. The largest absolute Gasteiger partial charge is 0.378 e. The maximum absolute atomic E-state index is 5.39. The van der Waals surface area contributed by atoms with E-state index in [2.05, 4.69) is 20.5 Å². The van der Waals surface area contributed by atoms with Gasteiger partial charge in [0.2, 0.25) is 0 Å². The summed E-state index contributed by atoms with van der Waals surface area (Å²) >= 11 is 0. The predicted octanol–water partition coefficient (Wildman–Crippen LogP) is -0.215. The summed E-state index contributed by atoms with van der Waals surface area (Å²) in [7, 11) is 0. The highest BCUT2D eigenvalue weighted by atomic mass is 16.5. The van der Waals surface area contributed by atoms with Gasteiger partial charge in [0.1, 0.15) is 6.33 Å². The van der Waals surface area contributed by atoms with E-state index in [0.29, 0.717) is 6.61 Å². The Hall–Kier alpha value is -1.53. The molecule has 3 heterocycles. The molecule has 1 saturated heterocycles. The highest BCUT2D eigenvalue weighted by Crippen LogP contribution is 2.13. The van der Waals surface area contributed by atoms with Gasteiger partial charge in [-0.3, -0.25) is 4.40 Å². The standard InChI is InChI=1S/C9H11N5O/c1-2-10-6-14-8(1)12-13-9(14)7-5-15-4-3-11-7/h1-2,6-7,11H,3-5H2. The van der Waals surface area contributed by atoms with Crippen LogP contribution in [0.5, 0.6) is 0 Å². The SMILES string of the molecule is c1cc2nnc(C3COCCN3)n2cn1. The summed E-state index contributed by atoms with van der Waals surface area (Å²) in [4.78, 5) is 4.05. The number of aromatic nitrogens is 4. The fourth-order valence-corrected chi connectivity index (χ4v) is 1.73. The maximum Gasteiger partial charge on any atom is 0.163 e. The number of fused-ring (bicyclic) bond motifs is 1. The van der Waals surface area contributed by atoms with E-state index in [0.717, 1.165) is 24.6 Å². The zero-order valence-corrected chi connectivity index (χ0v) is 8.13. The van der Waals surface area contributed by atoms with Crippen LogP contribution >= 0.6 is 0 Å². The lowest BCUT2D eigenvalue weighted by Gasteiger charge is -2.21. The third-order valence-electron chi connectivity index (χ3n) is 2.47. The van der Waals surface area contributed by atoms with Gasteiger partial charge in [0.15, 0.2) is 11.5 Å². The molecule has 1 fully saturated rings. The summed E-state index contributed by atoms with van der Waals surface area (Å²) in [6.45, 7) is 2.24. The van der Waals surface area contributed by atoms with Crippen LogP contribution in [0.4, 0.5) is 0 Å². The molecule has 78 valence electrons. The molecule has 3 rings (SSSR count). The van der Waals surface area contributed by atoms with E-state index < -0.39 is 0 Å². The number of ether oxygens (including phenoxy) is 1.